The first-order valence-electron chi connectivity index (χ1n) is 5.43. The molecule has 0 saturated carbocycles. The number of nitrogens with two attached hydrogens (primary N) is 1. The number of piperidine rings is 1. The molecule has 1 atom stereocenters. The smallest absolute Gasteiger partial charge is 0.0480 e. The third-order valence-electron chi connectivity index (χ3n) is 3.20. The van der Waals surface area contributed by atoms with E-state index in [2.05, 4.69) is 4.90 Å². The molecule has 2 aliphatic rings. The molecule has 0 spiro atoms. The summed E-state index contributed by atoms with van der Waals surface area (Å²) in [5, 5.41) is 0. The maximum atomic E-state index is 5.96. The Balaban J connectivity index is 1.83. The Kier molecular flexibility index (Phi) is 3.19. The summed E-state index contributed by atoms with van der Waals surface area (Å²) in [4.78, 5) is 2.57. The van der Waals surface area contributed by atoms with Crippen molar-refractivity contribution in [1.29, 1.82) is 0 Å². The highest BCUT2D eigenvalue weighted by atomic mass is 16.5. The lowest BCUT2D eigenvalue weighted by Gasteiger charge is -2.38. The lowest BCUT2D eigenvalue weighted by atomic mass is 10.0. The van der Waals surface area contributed by atoms with Crippen molar-refractivity contribution in [2.24, 2.45) is 5.73 Å². The minimum absolute atomic E-state index is 0.414. The quantitative estimate of drug-likeness (QED) is 0.648. The van der Waals surface area contributed by atoms with Crippen LogP contribution in [-0.2, 0) is 4.74 Å². The van der Waals surface area contributed by atoms with E-state index in [4.69, 9.17) is 10.5 Å². The number of hydrogen-bond acceptors (Lipinski definition) is 3. The highest BCUT2D eigenvalue weighted by Crippen LogP contribution is 2.18. The van der Waals surface area contributed by atoms with Crippen LogP contribution < -0.4 is 5.73 Å². The molecule has 0 aliphatic carbocycles. The predicted molar refractivity (Wildman–Crippen MR) is 52.6 cm³/mol. The maximum Gasteiger partial charge on any atom is 0.0480 e. The first-order valence-corrected chi connectivity index (χ1v) is 5.43. The van der Waals surface area contributed by atoms with Gasteiger partial charge in [0.2, 0.25) is 0 Å². The minimum atomic E-state index is 0.414. The summed E-state index contributed by atoms with van der Waals surface area (Å²) in [6.07, 6.45) is 4.89. The molecule has 76 valence electrons. The predicted octanol–water partition coefficient (Wildman–Crippen LogP) is 0.588. The van der Waals surface area contributed by atoms with Crippen molar-refractivity contribution in [3.8, 4) is 0 Å². The van der Waals surface area contributed by atoms with E-state index >= 15 is 0 Å². The van der Waals surface area contributed by atoms with Gasteiger partial charge in [-0.25, -0.2) is 0 Å². The highest BCUT2D eigenvalue weighted by Gasteiger charge is 2.25. The third kappa shape index (κ3) is 2.42. The van der Waals surface area contributed by atoms with Crippen molar-refractivity contribution in [2.75, 3.05) is 26.3 Å². The second-order valence-corrected chi connectivity index (χ2v) is 4.24. The number of likely N-dealkylation sites (tertiary alicyclic amines) is 1. The molecule has 13 heavy (non-hydrogen) atoms. The Bertz CT molecular complexity index is 157. The number of rotatable bonds is 1. The number of hydrogen-bond donors (Lipinski definition) is 1. The molecule has 0 bridgehead atoms. The van der Waals surface area contributed by atoms with E-state index in [1.54, 1.807) is 0 Å². The third-order valence-corrected chi connectivity index (χ3v) is 3.20. The molecule has 2 fully saturated rings. The van der Waals surface area contributed by atoms with E-state index in [0.717, 1.165) is 25.8 Å². The molecule has 0 unspecified atom stereocenters. The van der Waals surface area contributed by atoms with Gasteiger partial charge in [0.05, 0.1) is 0 Å². The standard InChI is InChI=1S/C10H20N2O/c11-9-2-1-5-12(8-9)10-3-6-13-7-4-10/h9-10H,1-8,11H2/t9-/m1/s1. The van der Waals surface area contributed by atoms with Crippen molar-refractivity contribution in [3.05, 3.63) is 0 Å². The van der Waals surface area contributed by atoms with Gasteiger partial charge in [0.1, 0.15) is 0 Å². The van der Waals surface area contributed by atoms with Crippen molar-refractivity contribution in [2.45, 2.75) is 37.8 Å². The summed E-state index contributed by atoms with van der Waals surface area (Å²) in [7, 11) is 0. The summed E-state index contributed by atoms with van der Waals surface area (Å²) in [5.74, 6) is 0. The largest absolute Gasteiger partial charge is 0.381 e. The maximum absolute atomic E-state index is 5.96. The molecule has 0 radical (unpaired) electrons. The zero-order chi connectivity index (χ0) is 9.10. The molecule has 2 aliphatic heterocycles. The van der Waals surface area contributed by atoms with Crippen molar-refractivity contribution < 1.29 is 4.74 Å². The molecule has 0 aromatic heterocycles. The van der Waals surface area contributed by atoms with E-state index in [1.165, 1.54) is 32.2 Å². The van der Waals surface area contributed by atoms with E-state index < -0.39 is 0 Å². The SMILES string of the molecule is N[C@@H]1CCCN(C2CCOCC2)C1. The highest BCUT2D eigenvalue weighted by molar-refractivity contribution is 4.81. The number of nitrogens with zero attached hydrogens (tertiary/aromatic N) is 1. The molecule has 3 nitrogen and oxygen atoms in total. The Morgan fingerprint density at radius 1 is 1.15 bits per heavy atom. The molecule has 0 amide bonds. The van der Waals surface area contributed by atoms with Crippen LogP contribution in [-0.4, -0.2) is 43.3 Å². The van der Waals surface area contributed by atoms with Gasteiger partial charge in [0, 0.05) is 31.8 Å². The van der Waals surface area contributed by atoms with E-state index in [0.29, 0.717) is 6.04 Å². The van der Waals surface area contributed by atoms with E-state index in [1.807, 2.05) is 0 Å². The van der Waals surface area contributed by atoms with Gasteiger partial charge in [-0.15, -0.1) is 0 Å². The molecule has 0 aromatic carbocycles. The monoisotopic (exact) mass is 184 g/mol. The molecule has 3 heteroatoms. The molecule has 2 saturated heterocycles. The van der Waals surface area contributed by atoms with Crippen molar-refractivity contribution in [3.63, 3.8) is 0 Å². The van der Waals surface area contributed by atoms with Crippen LogP contribution in [0, 0.1) is 0 Å². The van der Waals surface area contributed by atoms with E-state index in [9.17, 15) is 0 Å². The van der Waals surface area contributed by atoms with Gasteiger partial charge in [-0.2, -0.15) is 0 Å². The van der Waals surface area contributed by atoms with Crippen LogP contribution >= 0.6 is 0 Å². The van der Waals surface area contributed by atoms with Gasteiger partial charge >= 0.3 is 0 Å². The Morgan fingerprint density at radius 2 is 1.92 bits per heavy atom. The van der Waals surface area contributed by atoms with Crippen LogP contribution in [0.4, 0.5) is 0 Å². The topological polar surface area (TPSA) is 38.5 Å². The van der Waals surface area contributed by atoms with E-state index in [-0.39, 0.29) is 0 Å². The van der Waals surface area contributed by atoms with Crippen molar-refractivity contribution >= 4 is 0 Å². The molecular formula is C10H20N2O. The van der Waals surface area contributed by atoms with Gasteiger partial charge in [-0.1, -0.05) is 0 Å². The fraction of sp³-hybridized carbons (Fsp3) is 1.00. The number of ether oxygens (including phenoxy) is 1. The summed E-state index contributed by atoms with van der Waals surface area (Å²) in [6.45, 7) is 4.23. The zero-order valence-electron chi connectivity index (χ0n) is 8.24. The molecular weight excluding hydrogens is 164 g/mol. The first-order chi connectivity index (χ1) is 6.36. The molecule has 2 heterocycles. The lowest BCUT2D eigenvalue weighted by Crippen LogP contribution is -2.49. The van der Waals surface area contributed by atoms with Crippen molar-refractivity contribution in [1.82, 2.24) is 4.90 Å². The fourth-order valence-corrected chi connectivity index (χ4v) is 2.42. The second kappa shape index (κ2) is 4.40. The summed E-state index contributed by atoms with van der Waals surface area (Å²) >= 11 is 0. The average molecular weight is 184 g/mol. The van der Waals surface area contributed by atoms with Crippen LogP contribution in [0.2, 0.25) is 0 Å². The average Bonchev–Trinajstić information content (AvgIpc) is 2.19. The van der Waals surface area contributed by atoms with Crippen LogP contribution in [0.15, 0.2) is 0 Å². The summed E-state index contributed by atoms with van der Waals surface area (Å²) in [5.41, 5.74) is 5.96. The van der Waals surface area contributed by atoms with Gasteiger partial charge in [-0.05, 0) is 32.2 Å². The molecule has 0 aromatic rings. The minimum Gasteiger partial charge on any atom is -0.381 e. The second-order valence-electron chi connectivity index (χ2n) is 4.24. The van der Waals surface area contributed by atoms with Gasteiger partial charge in [-0.3, -0.25) is 4.90 Å². The van der Waals surface area contributed by atoms with Gasteiger partial charge in [0.25, 0.3) is 0 Å². The summed E-state index contributed by atoms with van der Waals surface area (Å²) in [6, 6.07) is 1.16. The normalized spacial score (nSPS) is 33.5. The Labute approximate surface area is 80.2 Å². The van der Waals surface area contributed by atoms with Crippen LogP contribution in [0.3, 0.4) is 0 Å². The first kappa shape index (κ1) is 9.44. The Morgan fingerprint density at radius 3 is 2.62 bits per heavy atom. The van der Waals surface area contributed by atoms with Gasteiger partial charge < -0.3 is 10.5 Å². The van der Waals surface area contributed by atoms with Crippen LogP contribution in [0.1, 0.15) is 25.7 Å². The molecule has 2 N–H and O–H groups in total. The summed E-state index contributed by atoms with van der Waals surface area (Å²) < 4.78 is 5.36. The molecule has 2 rings (SSSR count). The van der Waals surface area contributed by atoms with Crippen LogP contribution in [0.5, 0.6) is 0 Å². The Hall–Kier alpha value is -0.120. The fourth-order valence-electron chi connectivity index (χ4n) is 2.42. The lowest BCUT2D eigenvalue weighted by molar-refractivity contribution is 0.0244. The zero-order valence-corrected chi connectivity index (χ0v) is 8.24. The van der Waals surface area contributed by atoms with Gasteiger partial charge in [0.15, 0.2) is 0 Å². The van der Waals surface area contributed by atoms with Crippen LogP contribution in [0.25, 0.3) is 0 Å².